The standard InChI is InChI=1S/C20H24ClF2N3O4S/c1-14-4-6-19(30-20(22)23)17(12-14)26(21)31(27,28)15-5-7-18(29-3)16(13-15)25-10-8-24(2)9-11-25/h4-7,12-13,20H,8-11H2,1-3H3. The third-order valence-electron chi connectivity index (χ3n) is 5.02. The van der Waals surface area contributed by atoms with Crippen LogP contribution in [0.2, 0.25) is 0 Å². The first-order chi connectivity index (χ1) is 14.6. The summed E-state index contributed by atoms with van der Waals surface area (Å²) in [6.07, 6.45) is 0. The van der Waals surface area contributed by atoms with Crippen molar-refractivity contribution in [3.8, 4) is 11.5 Å². The van der Waals surface area contributed by atoms with E-state index in [4.69, 9.17) is 16.5 Å². The van der Waals surface area contributed by atoms with Gasteiger partial charge in [0.05, 0.1) is 17.7 Å². The smallest absolute Gasteiger partial charge is 0.387 e. The number of piperazine rings is 1. The van der Waals surface area contributed by atoms with Gasteiger partial charge in [-0.15, -0.1) is 0 Å². The lowest BCUT2D eigenvalue weighted by atomic mass is 10.2. The summed E-state index contributed by atoms with van der Waals surface area (Å²) in [5, 5.41) is 0. The first-order valence-corrected chi connectivity index (χ1v) is 11.3. The summed E-state index contributed by atoms with van der Waals surface area (Å²) in [6, 6.07) is 8.55. The molecule has 1 heterocycles. The molecule has 2 aromatic rings. The molecule has 0 spiro atoms. The van der Waals surface area contributed by atoms with Crippen molar-refractivity contribution < 1.29 is 26.7 Å². The number of hydrogen-bond donors (Lipinski definition) is 0. The van der Waals surface area contributed by atoms with Crippen molar-refractivity contribution in [1.82, 2.24) is 4.90 Å². The third-order valence-corrected chi connectivity index (χ3v) is 7.22. The number of benzene rings is 2. The normalized spacial score (nSPS) is 15.3. The summed E-state index contributed by atoms with van der Waals surface area (Å²) in [4.78, 5) is 4.11. The lowest BCUT2D eigenvalue weighted by molar-refractivity contribution is -0.0494. The Kier molecular flexibility index (Phi) is 7.13. The predicted octanol–water partition coefficient (Wildman–Crippen LogP) is 3.71. The fourth-order valence-corrected chi connectivity index (χ4v) is 4.77. The van der Waals surface area contributed by atoms with Gasteiger partial charge in [-0.05, 0) is 49.9 Å². The molecule has 0 unspecified atom stereocenters. The van der Waals surface area contributed by atoms with Gasteiger partial charge in [0.2, 0.25) is 0 Å². The fraction of sp³-hybridized carbons (Fsp3) is 0.400. The SMILES string of the molecule is COc1ccc(S(=O)(=O)N(Cl)c2cc(C)ccc2OC(F)F)cc1N1CCN(C)CC1. The van der Waals surface area contributed by atoms with Gasteiger partial charge in [-0.3, -0.25) is 0 Å². The van der Waals surface area contributed by atoms with E-state index < -0.39 is 16.6 Å². The van der Waals surface area contributed by atoms with Crippen LogP contribution in [0.4, 0.5) is 20.2 Å². The fourth-order valence-electron chi connectivity index (χ4n) is 3.31. The Hall–Kier alpha value is -2.30. The topological polar surface area (TPSA) is 62.3 Å². The number of methoxy groups -OCH3 is 1. The molecule has 170 valence electrons. The molecule has 0 bridgehead atoms. The van der Waals surface area contributed by atoms with Gasteiger partial charge >= 0.3 is 6.61 Å². The monoisotopic (exact) mass is 475 g/mol. The Labute approximate surface area is 185 Å². The van der Waals surface area contributed by atoms with Gasteiger partial charge in [0, 0.05) is 38.0 Å². The van der Waals surface area contributed by atoms with E-state index in [0.717, 1.165) is 13.1 Å². The number of alkyl halides is 2. The number of sulfonamides is 1. The highest BCUT2D eigenvalue weighted by Crippen LogP contribution is 2.38. The molecule has 1 saturated heterocycles. The molecule has 0 saturated carbocycles. The Morgan fingerprint density at radius 1 is 1.06 bits per heavy atom. The largest absolute Gasteiger partial charge is 0.495 e. The molecule has 1 aliphatic heterocycles. The zero-order valence-electron chi connectivity index (χ0n) is 17.4. The minimum absolute atomic E-state index is 0.0956. The summed E-state index contributed by atoms with van der Waals surface area (Å²) >= 11 is 6.19. The zero-order valence-corrected chi connectivity index (χ0v) is 19.0. The molecule has 11 heteroatoms. The summed E-state index contributed by atoms with van der Waals surface area (Å²) in [6.45, 7) is 1.60. The van der Waals surface area contributed by atoms with Crippen LogP contribution in [0.15, 0.2) is 41.3 Å². The molecule has 1 fully saturated rings. The summed E-state index contributed by atoms with van der Waals surface area (Å²) in [5.74, 6) is 0.189. The van der Waals surface area contributed by atoms with Crippen LogP contribution in [0.3, 0.4) is 0 Å². The Morgan fingerprint density at radius 3 is 2.32 bits per heavy atom. The molecule has 0 radical (unpaired) electrons. The number of hydrogen-bond acceptors (Lipinski definition) is 6. The molecular weight excluding hydrogens is 452 g/mol. The van der Waals surface area contributed by atoms with Crippen molar-refractivity contribution in [2.24, 2.45) is 0 Å². The number of anilines is 2. The van der Waals surface area contributed by atoms with Crippen molar-refractivity contribution in [3.63, 3.8) is 0 Å². The van der Waals surface area contributed by atoms with E-state index in [1.165, 1.54) is 37.4 Å². The number of aryl methyl sites for hydroxylation is 1. The Morgan fingerprint density at radius 2 is 1.71 bits per heavy atom. The van der Waals surface area contributed by atoms with Gasteiger partial charge in [0.25, 0.3) is 10.0 Å². The van der Waals surface area contributed by atoms with Crippen molar-refractivity contribution in [2.45, 2.75) is 18.4 Å². The summed E-state index contributed by atoms with van der Waals surface area (Å²) in [7, 11) is -0.756. The highest BCUT2D eigenvalue weighted by atomic mass is 35.5. The quantitative estimate of drug-likeness (QED) is 0.569. The molecule has 1 aliphatic rings. The molecule has 0 aromatic heterocycles. The number of rotatable bonds is 7. The van der Waals surface area contributed by atoms with Crippen LogP contribution >= 0.6 is 11.8 Å². The Balaban J connectivity index is 2.00. The van der Waals surface area contributed by atoms with Crippen molar-refractivity contribution >= 4 is 33.2 Å². The average Bonchev–Trinajstić information content (AvgIpc) is 2.74. The first kappa shape index (κ1) is 23.4. The van der Waals surface area contributed by atoms with Crippen LogP contribution in [0.1, 0.15) is 5.56 Å². The van der Waals surface area contributed by atoms with E-state index in [1.54, 1.807) is 13.0 Å². The second-order valence-corrected chi connectivity index (χ2v) is 9.52. The highest BCUT2D eigenvalue weighted by molar-refractivity contribution is 7.94. The second kappa shape index (κ2) is 9.46. The zero-order chi connectivity index (χ0) is 22.8. The minimum atomic E-state index is -4.28. The molecule has 0 aliphatic carbocycles. The molecule has 31 heavy (non-hydrogen) atoms. The van der Waals surface area contributed by atoms with Crippen molar-refractivity contribution in [3.05, 3.63) is 42.0 Å². The molecule has 0 N–H and O–H groups in total. The lowest BCUT2D eigenvalue weighted by Gasteiger charge is -2.35. The van der Waals surface area contributed by atoms with Gasteiger partial charge in [-0.25, -0.2) is 0 Å². The van der Waals surface area contributed by atoms with Crippen LogP contribution in [0.25, 0.3) is 0 Å². The first-order valence-electron chi connectivity index (χ1n) is 9.51. The molecule has 0 atom stereocenters. The van der Waals surface area contributed by atoms with Gasteiger partial charge in [-0.1, -0.05) is 6.07 Å². The number of nitrogens with zero attached hydrogens (tertiary/aromatic N) is 3. The number of ether oxygens (including phenoxy) is 2. The van der Waals surface area contributed by atoms with E-state index in [2.05, 4.69) is 9.64 Å². The van der Waals surface area contributed by atoms with E-state index in [9.17, 15) is 17.2 Å². The van der Waals surface area contributed by atoms with E-state index in [0.29, 0.717) is 33.9 Å². The maximum atomic E-state index is 13.3. The van der Waals surface area contributed by atoms with Gasteiger partial charge in [0.15, 0.2) is 5.75 Å². The van der Waals surface area contributed by atoms with Gasteiger partial charge < -0.3 is 19.3 Å². The maximum Gasteiger partial charge on any atom is 0.387 e. The number of likely N-dealkylation sites (N-methyl/N-ethyl adjacent to an activating group) is 1. The van der Waals surface area contributed by atoms with E-state index in [-0.39, 0.29) is 16.3 Å². The molecule has 0 amide bonds. The van der Waals surface area contributed by atoms with E-state index in [1.807, 2.05) is 11.9 Å². The lowest BCUT2D eigenvalue weighted by Crippen LogP contribution is -2.44. The Bertz CT molecular complexity index is 1030. The van der Waals surface area contributed by atoms with Gasteiger partial charge in [-0.2, -0.15) is 21.0 Å². The molecule has 3 rings (SSSR count). The second-order valence-electron chi connectivity index (χ2n) is 7.19. The van der Waals surface area contributed by atoms with Crippen molar-refractivity contribution in [1.29, 1.82) is 0 Å². The van der Waals surface area contributed by atoms with Crippen LogP contribution in [-0.2, 0) is 10.0 Å². The average molecular weight is 476 g/mol. The van der Waals surface area contributed by atoms with Crippen LogP contribution in [-0.4, -0.2) is 60.3 Å². The molecular formula is C20H24ClF2N3O4S. The van der Waals surface area contributed by atoms with E-state index >= 15 is 0 Å². The third kappa shape index (κ3) is 5.13. The summed E-state index contributed by atoms with van der Waals surface area (Å²) < 4.78 is 62.4. The minimum Gasteiger partial charge on any atom is -0.495 e. The number of halogens is 3. The summed E-state index contributed by atoms with van der Waals surface area (Å²) in [5.41, 5.74) is 1.05. The van der Waals surface area contributed by atoms with Crippen LogP contribution in [0.5, 0.6) is 11.5 Å². The highest BCUT2D eigenvalue weighted by Gasteiger charge is 2.29. The van der Waals surface area contributed by atoms with Crippen LogP contribution in [0, 0.1) is 6.92 Å². The molecule has 2 aromatic carbocycles. The van der Waals surface area contributed by atoms with Gasteiger partial charge in [0.1, 0.15) is 11.4 Å². The van der Waals surface area contributed by atoms with Crippen molar-refractivity contribution in [2.75, 3.05) is 49.1 Å². The maximum absolute atomic E-state index is 13.3. The predicted molar refractivity (Wildman–Crippen MR) is 116 cm³/mol. The molecule has 7 nitrogen and oxygen atoms in total. The van der Waals surface area contributed by atoms with Crippen LogP contribution < -0.4 is 18.2 Å².